The van der Waals surface area contributed by atoms with E-state index in [2.05, 4.69) is 5.32 Å². The van der Waals surface area contributed by atoms with Gasteiger partial charge in [0.2, 0.25) is 11.8 Å². The zero-order chi connectivity index (χ0) is 11.6. The first-order valence-corrected chi connectivity index (χ1v) is 5.27. The van der Waals surface area contributed by atoms with Gasteiger partial charge in [0, 0.05) is 19.0 Å². The number of rotatable bonds is 3. The van der Waals surface area contributed by atoms with E-state index in [1.165, 1.54) is 0 Å². The van der Waals surface area contributed by atoms with Crippen LogP contribution in [-0.2, 0) is 9.59 Å². The van der Waals surface area contributed by atoms with E-state index in [1.54, 1.807) is 11.8 Å². The summed E-state index contributed by atoms with van der Waals surface area (Å²) in [6, 6.07) is -0.415. The van der Waals surface area contributed by atoms with Crippen molar-refractivity contribution in [3.8, 4) is 0 Å². The summed E-state index contributed by atoms with van der Waals surface area (Å²) in [5.41, 5.74) is 5.43. The molecule has 1 fully saturated rings. The van der Waals surface area contributed by atoms with Crippen molar-refractivity contribution in [1.82, 2.24) is 10.2 Å². The van der Waals surface area contributed by atoms with Gasteiger partial charge >= 0.3 is 0 Å². The fourth-order valence-corrected chi connectivity index (χ4v) is 1.66. The molecule has 1 saturated heterocycles. The number of amides is 2. The highest BCUT2D eigenvalue weighted by Crippen LogP contribution is 2.14. The van der Waals surface area contributed by atoms with Crippen molar-refractivity contribution in [1.29, 1.82) is 0 Å². The predicted octanol–water partition coefficient (Wildman–Crippen LogP) is -0.119. The molecule has 6 heteroatoms. The molecule has 94 valence electrons. The molecular formula is C10H20ClN3O2. The molecule has 16 heavy (non-hydrogen) atoms. The van der Waals surface area contributed by atoms with Gasteiger partial charge in [-0.3, -0.25) is 9.59 Å². The highest BCUT2D eigenvalue weighted by atomic mass is 35.5. The lowest BCUT2D eigenvalue weighted by atomic mass is 10.2. The largest absolute Gasteiger partial charge is 0.350 e. The van der Waals surface area contributed by atoms with E-state index in [1.807, 2.05) is 13.8 Å². The summed E-state index contributed by atoms with van der Waals surface area (Å²) in [5, 5.41) is 2.77. The first kappa shape index (κ1) is 15.2. The van der Waals surface area contributed by atoms with Crippen LogP contribution in [0.25, 0.3) is 0 Å². The molecule has 1 heterocycles. The number of nitrogens with zero attached hydrogens (tertiary/aromatic N) is 1. The number of hydrogen-bond acceptors (Lipinski definition) is 3. The Balaban J connectivity index is 0.00000225. The monoisotopic (exact) mass is 249 g/mol. The lowest BCUT2D eigenvalue weighted by Crippen LogP contribution is -2.45. The van der Waals surface area contributed by atoms with Crippen LogP contribution in [0.5, 0.6) is 0 Å². The maximum atomic E-state index is 11.5. The molecule has 0 spiro atoms. The Morgan fingerprint density at radius 1 is 1.50 bits per heavy atom. The summed E-state index contributed by atoms with van der Waals surface area (Å²) in [7, 11) is 0. The fraction of sp³-hybridized carbons (Fsp3) is 0.800. The fourth-order valence-electron chi connectivity index (χ4n) is 1.66. The van der Waals surface area contributed by atoms with Crippen LogP contribution in [0, 0.1) is 0 Å². The molecule has 5 nitrogen and oxygen atoms in total. The van der Waals surface area contributed by atoms with Crippen LogP contribution in [0.3, 0.4) is 0 Å². The molecule has 1 rings (SSSR count). The molecule has 1 aliphatic rings. The topological polar surface area (TPSA) is 75.4 Å². The summed E-state index contributed by atoms with van der Waals surface area (Å²) in [5.74, 6) is -0.0987. The Morgan fingerprint density at radius 2 is 2.06 bits per heavy atom. The van der Waals surface area contributed by atoms with E-state index < -0.39 is 6.04 Å². The van der Waals surface area contributed by atoms with Crippen LogP contribution in [-0.4, -0.2) is 41.4 Å². The lowest BCUT2D eigenvalue weighted by Gasteiger charge is -2.21. The van der Waals surface area contributed by atoms with Crippen molar-refractivity contribution in [3.05, 3.63) is 0 Å². The van der Waals surface area contributed by atoms with E-state index in [9.17, 15) is 9.59 Å². The number of halogens is 1. The van der Waals surface area contributed by atoms with Gasteiger partial charge in [0.15, 0.2) is 0 Å². The SMILES string of the molecule is CC(C)N1CC(NC(=O)[C@@H](C)N)CC1=O.Cl. The maximum absolute atomic E-state index is 11.5. The summed E-state index contributed by atoms with van der Waals surface area (Å²) in [6.07, 6.45) is 0.386. The first-order chi connectivity index (χ1) is 6.91. The third kappa shape index (κ3) is 3.64. The van der Waals surface area contributed by atoms with Gasteiger partial charge in [-0.15, -0.1) is 12.4 Å². The second kappa shape index (κ2) is 6.06. The minimum Gasteiger partial charge on any atom is -0.350 e. The Morgan fingerprint density at radius 3 is 2.44 bits per heavy atom. The first-order valence-electron chi connectivity index (χ1n) is 5.27. The molecule has 0 radical (unpaired) electrons. The summed E-state index contributed by atoms with van der Waals surface area (Å²) < 4.78 is 0. The molecule has 0 aromatic rings. The molecule has 3 N–H and O–H groups in total. The maximum Gasteiger partial charge on any atom is 0.236 e. The van der Waals surface area contributed by atoms with Crippen LogP contribution in [0.4, 0.5) is 0 Å². The molecule has 1 aliphatic heterocycles. The van der Waals surface area contributed by atoms with Crippen molar-refractivity contribution < 1.29 is 9.59 Å². The lowest BCUT2D eigenvalue weighted by molar-refractivity contribution is -0.129. The van der Waals surface area contributed by atoms with E-state index in [0.29, 0.717) is 13.0 Å². The summed E-state index contributed by atoms with van der Waals surface area (Å²) >= 11 is 0. The minimum absolute atomic E-state index is 0. The van der Waals surface area contributed by atoms with Crippen LogP contribution in [0.15, 0.2) is 0 Å². The number of nitrogens with two attached hydrogens (primary N) is 1. The van der Waals surface area contributed by atoms with E-state index >= 15 is 0 Å². The van der Waals surface area contributed by atoms with Gasteiger partial charge in [-0.1, -0.05) is 0 Å². The van der Waals surface area contributed by atoms with Crippen molar-refractivity contribution in [2.24, 2.45) is 5.73 Å². The van der Waals surface area contributed by atoms with Gasteiger partial charge in [0.25, 0.3) is 0 Å². The quantitative estimate of drug-likeness (QED) is 0.732. The molecule has 0 bridgehead atoms. The zero-order valence-corrected chi connectivity index (χ0v) is 10.7. The van der Waals surface area contributed by atoms with Crippen molar-refractivity contribution in [2.45, 2.75) is 45.3 Å². The number of carbonyl (C=O) groups is 2. The molecule has 2 atom stereocenters. The third-order valence-electron chi connectivity index (χ3n) is 2.54. The van der Waals surface area contributed by atoms with Gasteiger partial charge < -0.3 is 16.0 Å². The highest BCUT2D eigenvalue weighted by molar-refractivity contribution is 5.85. The van der Waals surface area contributed by atoms with E-state index in [0.717, 1.165) is 0 Å². The average Bonchev–Trinajstić information content (AvgIpc) is 2.46. The zero-order valence-electron chi connectivity index (χ0n) is 9.90. The second-order valence-corrected chi connectivity index (χ2v) is 4.34. The molecular weight excluding hydrogens is 230 g/mol. The van der Waals surface area contributed by atoms with Crippen molar-refractivity contribution in [2.75, 3.05) is 6.54 Å². The minimum atomic E-state index is -0.520. The average molecular weight is 250 g/mol. The second-order valence-electron chi connectivity index (χ2n) is 4.34. The predicted molar refractivity (Wildman–Crippen MR) is 64.3 cm³/mol. The summed E-state index contributed by atoms with van der Waals surface area (Å²) in [4.78, 5) is 24.6. The number of nitrogens with one attached hydrogen (secondary N) is 1. The summed E-state index contributed by atoms with van der Waals surface area (Å²) in [6.45, 7) is 6.16. The van der Waals surface area contributed by atoms with Gasteiger partial charge in [0.05, 0.1) is 12.1 Å². The Hall–Kier alpha value is -0.810. The Bertz CT molecular complexity index is 269. The molecule has 0 aliphatic carbocycles. The van der Waals surface area contributed by atoms with Crippen molar-refractivity contribution >= 4 is 24.2 Å². The molecule has 1 unspecified atom stereocenters. The smallest absolute Gasteiger partial charge is 0.236 e. The number of hydrogen-bond donors (Lipinski definition) is 2. The van der Waals surface area contributed by atoms with Gasteiger partial charge in [-0.05, 0) is 20.8 Å². The molecule has 0 aromatic heterocycles. The third-order valence-corrected chi connectivity index (χ3v) is 2.54. The Labute approximate surface area is 102 Å². The Kier molecular flexibility index (Phi) is 5.75. The number of likely N-dealkylation sites (tertiary alicyclic amines) is 1. The molecule has 0 aromatic carbocycles. The van der Waals surface area contributed by atoms with E-state index in [4.69, 9.17) is 5.73 Å². The van der Waals surface area contributed by atoms with Crippen LogP contribution in [0.1, 0.15) is 27.2 Å². The molecule has 0 saturated carbocycles. The van der Waals surface area contributed by atoms with Crippen LogP contribution >= 0.6 is 12.4 Å². The number of carbonyl (C=O) groups excluding carboxylic acids is 2. The molecule has 2 amide bonds. The van der Waals surface area contributed by atoms with Crippen LogP contribution in [0.2, 0.25) is 0 Å². The van der Waals surface area contributed by atoms with Gasteiger partial charge in [-0.25, -0.2) is 0 Å². The van der Waals surface area contributed by atoms with Crippen LogP contribution < -0.4 is 11.1 Å². The van der Waals surface area contributed by atoms with Gasteiger partial charge in [-0.2, -0.15) is 0 Å². The normalized spacial score (nSPS) is 21.9. The standard InChI is InChI=1S/C10H19N3O2.ClH/c1-6(2)13-5-8(4-9(13)14)12-10(15)7(3)11;/h6-8H,4-5,11H2,1-3H3,(H,12,15);1H/t7-,8?;/m1./s1. The van der Waals surface area contributed by atoms with E-state index in [-0.39, 0.29) is 36.3 Å². The van der Waals surface area contributed by atoms with Gasteiger partial charge in [0.1, 0.15) is 0 Å². The van der Waals surface area contributed by atoms with Crippen molar-refractivity contribution in [3.63, 3.8) is 0 Å². The highest BCUT2D eigenvalue weighted by Gasteiger charge is 2.32.